The largest absolute Gasteiger partial charge is 0.573 e. The molecule has 0 radical (unpaired) electrons. The maximum atomic E-state index is 12.2. The van der Waals surface area contributed by atoms with Crippen LogP contribution in [0.1, 0.15) is 65.2 Å². The van der Waals surface area contributed by atoms with Crippen molar-refractivity contribution in [3.63, 3.8) is 0 Å². The molecule has 2 saturated carbocycles. The maximum absolute atomic E-state index is 12.2. The Morgan fingerprint density at radius 3 is 1.92 bits per heavy atom. The summed E-state index contributed by atoms with van der Waals surface area (Å²) >= 11 is 0. The molecular formula is C21H31F3O. The van der Waals surface area contributed by atoms with Gasteiger partial charge in [-0.05, 0) is 80.8 Å². The average molecular weight is 356 g/mol. The number of alkyl halides is 3. The second-order valence-electron chi connectivity index (χ2n) is 7.77. The van der Waals surface area contributed by atoms with Gasteiger partial charge in [-0.1, -0.05) is 38.5 Å². The van der Waals surface area contributed by atoms with Gasteiger partial charge in [-0.15, -0.1) is 13.2 Å². The van der Waals surface area contributed by atoms with Crippen molar-refractivity contribution in [3.8, 4) is 0 Å². The molecule has 0 aromatic heterocycles. The highest BCUT2D eigenvalue weighted by Crippen LogP contribution is 2.42. The van der Waals surface area contributed by atoms with E-state index in [1.54, 1.807) is 6.08 Å². The van der Waals surface area contributed by atoms with Crippen LogP contribution >= 0.6 is 0 Å². The highest BCUT2D eigenvalue weighted by molar-refractivity contribution is 5.26. The molecule has 0 atom stereocenters. The number of ether oxygens (including phenoxy) is 1. The van der Waals surface area contributed by atoms with Crippen LogP contribution in [-0.4, -0.2) is 6.36 Å². The predicted octanol–water partition coefficient (Wildman–Crippen LogP) is 7.17. The van der Waals surface area contributed by atoms with Crippen molar-refractivity contribution in [2.75, 3.05) is 0 Å². The molecule has 0 heterocycles. The Morgan fingerprint density at radius 2 is 1.44 bits per heavy atom. The van der Waals surface area contributed by atoms with Crippen molar-refractivity contribution < 1.29 is 17.9 Å². The molecule has 2 aliphatic rings. The van der Waals surface area contributed by atoms with E-state index in [-0.39, 0.29) is 5.76 Å². The minimum Gasteiger partial charge on any atom is -0.406 e. The van der Waals surface area contributed by atoms with Crippen LogP contribution < -0.4 is 0 Å². The molecule has 0 unspecified atom stereocenters. The molecule has 2 fully saturated rings. The molecule has 0 amide bonds. The van der Waals surface area contributed by atoms with Crippen molar-refractivity contribution in [1.82, 2.24) is 0 Å². The Hall–Kier alpha value is -1.19. The van der Waals surface area contributed by atoms with E-state index in [4.69, 9.17) is 0 Å². The summed E-state index contributed by atoms with van der Waals surface area (Å²) in [6.07, 6.45) is 10.6. The smallest absolute Gasteiger partial charge is 0.406 e. The topological polar surface area (TPSA) is 9.23 Å². The second-order valence-corrected chi connectivity index (χ2v) is 7.77. The third-order valence-corrected chi connectivity index (χ3v) is 6.01. The lowest BCUT2D eigenvalue weighted by Crippen LogP contribution is -2.25. The first kappa shape index (κ1) is 20.1. The first-order chi connectivity index (χ1) is 11.8. The fraction of sp³-hybridized carbons (Fsp3) is 0.714. The van der Waals surface area contributed by atoms with Crippen molar-refractivity contribution >= 4 is 0 Å². The average Bonchev–Trinajstić information content (AvgIpc) is 2.55. The van der Waals surface area contributed by atoms with Gasteiger partial charge in [-0.25, -0.2) is 0 Å². The number of hydrogen-bond donors (Lipinski definition) is 0. The van der Waals surface area contributed by atoms with E-state index in [0.717, 1.165) is 36.2 Å². The fourth-order valence-electron chi connectivity index (χ4n) is 4.52. The SMILES string of the molecule is C=C(/C=C\C(=C/C)C1CCC(C2CCC(C)CC2)CC1)OC(F)(F)F. The Labute approximate surface area is 150 Å². The zero-order valence-corrected chi connectivity index (χ0v) is 15.4. The summed E-state index contributed by atoms with van der Waals surface area (Å²) in [5.41, 5.74) is 1.10. The molecule has 1 nitrogen and oxygen atoms in total. The molecule has 0 N–H and O–H groups in total. The summed E-state index contributed by atoms with van der Waals surface area (Å²) in [7, 11) is 0. The second kappa shape index (κ2) is 8.95. The van der Waals surface area contributed by atoms with E-state index in [1.807, 2.05) is 13.0 Å². The number of rotatable bonds is 5. The lowest BCUT2D eigenvalue weighted by molar-refractivity contribution is -0.303. The monoisotopic (exact) mass is 356 g/mol. The number of halogens is 3. The van der Waals surface area contributed by atoms with Gasteiger partial charge in [0.25, 0.3) is 0 Å². The summed E-state index contributed by atoms with van der Waals surface area (Å²) in [4.78, 5) is 0. The van der Waals surface area contributed by atoms with E-state index < -0.39 is 6.36 Å². The van der Waals surface area contributed by atoms with Gasteiger partial charge in [0.1, 0.15) is 5.76 Å². The maximum Gasteiger partial charge on any atom is 0.573 e. The quantitative estimate of drug-likeness (QED) is 0.375. The Kier molecular flexibility index (Phi) is 7.21. The number of allylic oxidation sites excluding steroid dienone is 4. The van der Waals surface area contributed by atoms with Gasteiger partial charge in [-0.2, -0.15) is 0 Å². The first-order valence-electron chi connectivity index (χ1n) is 9.57. The van der Waals surface area contributed by atoms with Gasteiger partial charge in [-0.3, -0.25) is 0 Å². The van der Waals surface area contributed by atoms with Gasteiger partial charge in [0.2, 0.25) is 0 Å². The van der Waals surface area contributed by atoms with E-state index in [1.165, 1.54) is 44.6 Å². The van der Waals surface area contributed by atoms with Crippen molar-refractivity contribution in [2.24, 2.45) is 23.7 Å². The molecule has 142 valence electrons. The third kappa shape index (κ3) is 6.56. The summed E-state index contributed by atoms with van der Waals surface area (Å²) in [6, 6.07) is 0. The Morgan fingerprint density at radius 1 is 0.920 bits per heavy atom. The molecule has 0 spiro atoms. The van der Waals surface area contributed by atoms with E-state index in [9.17, 15) is 13.2 Å². The number of hydrogen-bond acceptors (Lipinski definition) is 1. The Bertz CT molecular complexity index is 488. The zero-order chi connectivity index (χ0) is 18.4. The highest BCUT2D eigenvalue weighted by atomic mass is 19.4. The predicted molar refractivity (Wildman–Crippen MR) is 95.7 cm³/mol. The molecular weight excluding hydrogens is 325 g/mol. The van der Waals surface area contributed by atoms with Crippen LogP contribution in [-0.2, 0) is 4.74 Å². The summed E-state index contributed by atoms with van der Waals surface area (Å²) < 4.78 is 40.4. The zero-order valence-electron chi connectivity index (χ0n) is 15.4. The van der Waals surface area contributed by atoms with Crippen molar-refractivity contribution in [1.29, 1.82) is 0 Å². The van der Waals surface area contributed by atoms with Crippen LogP contribution in [0.5, 0.6) is 0 Å². The Balaban J connectivity index is 1.82. The van der Waals surface area contributed by atoms with Crippen LogP contribution in [0.2, 0.25) is 0 Å². The minimum atomic E-state index is -4.67. The molecule has 4 heteroatoms. The molecule has 25 heavy (non-hydrogen) atoms. The fourth-order valence-corrected chi connectivity index (χ4v) is 4.52. The summed E-state index contributed by atoms with van der Waals surface area (Å²) in [5, 5.41) is 0. The third-order valence-electron chi connectivity index (χ3n) is 6.01. The van der Waals surface area contributed by atoms with E-state index in [2.05, 4.69) is 18.2 Å². The minimum absolute atomic E-state index is 0.364. The molecule has 0 aromatic carbocycles. The van der Waals surface area contributed by atoms with Gasteiger partial charge >= 0.3 is 6.36 Å². The standard InChI is InChI=1S/C21H31F3O/c1-4-17(10-7-16(3)25-21(22,23)24)18-11-13-20(14-12-18)19-8-5-15(2)6-9-19/h4,7,10,15,18-20H,3,5-6,8-9,11-14H2,1-2H3/b10-7-,17-4+. The highest BCUT2D eigenvalue weighted by Gasteiger charge is 2.32. The van der Waals surface area contributed by atoms with Gasteiger partial charge in [0, 0.05) is 0 Å². The van der Waals surface area contributed by atoms with Crippen molar-refractivity contribution in [3.05, 3.63) is 36.1 Å². The van der Waals surface area contributed by atoms with Crippen molar-refractivity contribution in [2.45, 2.75) is 71.6 Å². The molecule has 0 aliphatic heterocycles. The molecule has 2 rings (SSSR count). The van der Waals surface area contributed by atoms with Gasteiger partial charge in [0.05, 0.1) is 0 Å². The van der Waals surface area contributed by atoms with Gasteiger partial charge in [0.15, 0.2) is 0 Å². The van der Waals surface area contributed by atoms with Crippen LogP contribution in [0.4, 0.5) is 13.2 Å². The molecule has 0 bridgehead atoms. The van der Waals surface area contributed by atoms with Crippen LogP contribution in [0.15, 0.2) is 36.1 Å². The molecule has 2 aliphatic carbocycles. The molecule has 0 aromatic rings. The van der Waals surface area contributed by atoms with Gasteiger partial charge < -0.3 is 4.74 Å². The lowest BCUT2D eigenvalue weighted by atomic mass is 9.68. The summed E-state index contributed by atoms with van der Waals surface area (Å²) in [6.45, 7) is 7.62. The lowest BCUT2D eigenvalue weighted by Gasteiger charge is -2.37. The van der Waals surface area contributed by atoms with E-state index in [0.29, 0.717) is 5.92 Å². The van der Waals surface area contributed by atoms with Crippen LogP contribution in [0.25, 0.3) is 0 Å². The van der Waals surface area contributed by atoms with E-state index >= 15 is 0 Å². The van der Waals surface area contributed by atoms with Crippen LogP contribution in [0, 0.1) is 23.7 Å². The normalized spacial score (nSPS) is 32.0. The summed E-state index contributed by atoms with van der Waals surface area (Å²) in [5.74, 6) is 2.70. The molecule has 0 saturated heterocycles. The first-order valence-corrected chi connectivity index (χ1v) is 9.57. The van der Waals surface area contributed by atoms with Crippen LogP contribution in [0.3, 0.4) is 0 Å².